The fourth-order valence-electron chi connectivity index (χ4n) is 3.05. The van der Waals surface area contributed by atoms with Gasteiger partial charge in [0, 0.05) is 30.9 Å². The molecule has 0 radical (unpaired) electrons. The number of ether oxygens (including phenoxy) is 2. The van der Waals surface area contributed by atoms with Crippen molar-refractivity contribution >= 4 is 17.5 Å². The Hall–Kier alpha value is -3.30. The summed E-state index contributed by atoms with van der Waals surface area (Å²) in [5, 5.41) is 17.6. The van der Waals surface area contributed by atoms with Crippen LogP contribution in [0, 0.1) is 5.41 Å². The summed E-state index contributed by atoms with van der Waals surface area (Å²) in [5.41, 5.74) is -1.55. The Balaban J connectivity index is 2.00. The minimum atomic E-state index is -4.85. The maximum atomic E-state index is 12.9. The molecule has 10 heteroatoms. The number of rotatable bonds is 10. The van der Waals surface area contributed by atoms with Crippen molar-refractivity contribution in [2.45, 2.75) is 32.4 Å². The monoisotopic (exact) mass is 453 g/mol. The number of anilines is 1. The lowest BCUT2D eigenvalue weighted by molar-refractivity contribution is -0.0588. The van der Waals surface area contributed by atoms with Crippen molar-refractivity contribution in [1.29, 1.82) is 5.41 Å². The number of carbonyl (C=O) groups is 1. The van der Waals surface area contributed by atoms with Crippen LogP contribution in [0.1, 0.15) is 41.3 Å². The molecular formula is C22H26F3N3O4. The van der Waals surface area contributed by atoms with E-state index in [1.54, 1.807) is 12.1 Å². The molecule has 0 aliphatic heterocycles. The highest BCUT2D eigenvalue weighted by atomic mass is 19.4. The van der Waals surface area contributed by atoms with E-state index in [9.17, 15) is 23.1 Å². The zero-order valence-corrected chi connectivity index (χ0v) is 18.1. The SMILES string of the molecule is CCCc1c(OCCCN(C)c2ccc(C(=O)OC)cn2)ccc(C(=N)C(F)(F)F)c1O. The summed E-state index contributed by atoms with van der Waals surface area (Å²) in [6.07, 6.45) is -1.95. The smallest absolute Gasteiger partial charge is 0.433 e. The summed E-state index contributed by atoms with van der Waals surface area (Å²) in [5.74, 6) is -0.0930. The Morgan fingerprint density at radius 2 is 1.97 bits per heavy atom. The van der Waals surface area contributed by atoms with Crippen LogP contribution < -0.4 is 9.64 Å². The molecule has 0 saturated heterocycles. The molecular weight excluding hydrogens is 427 g/mol. The van der Waals surface area contributed by atoms with Gasteiger partial charge in [0.1, 0.15) is 23.0 Å². The summed E-state index contributed by atoms with van der Waals surface area (Å²) in [7, 11) is 3.12. The van der Waals surface area contributed by atoms with Crippen molar-refractivity contribution < 1.29 is 32.5 Å². The van der Waals surface area contributed by atoms with E-state index >= 15 is 0 Å². The normalized spacial score (nSPS) is 11.2. The molecule has 0 amide bonds. The fraction of sp³-hybridized carbons (Fsp3) is 0.409. The van der Waals surface area contributed by atoms with E-state index in [2.05, 4.69) is 9.72 Å². The Kier molecular flexibility index (Phi) is 8.45. The second kappa shape index (κ2) is 10.8. The third-order valence-electron chi connectivity index (χ3n) is 4.75. The van der Waals surface area contributed by atoms with Gasteiger partial charge in [0.2, 0.25) is 0 Å². The number of pyridine rings is 1. The fourth-order valence-corrected chi connectivity index (χ4v) is 3.05. The first kappa shape index (κ1) is 25.0. The van der Waals surface area contributed by atoms with Crippen LogP contribution >= 0.6 is 0 Å². The van der Waals surface area contributed by atoms with Crippen molar-refractivity contribution in [1.82, 2.24) is 4.98 Å². The Labute approximate surface area is 184 Å². The highest BCUT2D eigenvalue weighted by Crippen LogP contribution is 2.35. The second-order valence-corrected chi connectivity index (χ2v) is 7.08. The van der Waals surface area contributed by atoms with Crippen LogP contribution in [0.5, 0.6) is 11.5 Å². The number of benzene rings is 1. The van der Waals surface area contributed by atoms with Gasteiger partial charge in [-0.1, -0.05) is 13.3 Å². The molecule has 1 heterocycles. The minimum Gasteiger partial charge on any atom is -0.507 e. The van der Waals surface area contributed by atoms with E-state index in [1.165, 1.54) is 19.4 Å². The molecule has 2 N–H and O–H groups in total. The Bertz CT molecular complexity index is 947. The van der Waals surface area contributed by atoms with E-state index < -0.39 is 29.2 Å². The van der Waals surface area contributed by atoms with Crippen LogP contribution in [-0.2, 0) is 11.2 Å². The molecule has 0 fully saturated rings. The number of nitrogens with one attached hydrogen (secondary N) is 1. The second-order valence-electron chi connectivity index (χ2n) is 7.08. The van der Waals surface area contributed by atoms with Gasteiger partial charge < -0.3 is 19.5 Å². The maximum Gasteiger partial charge on any atom is 0.433 e. The third kappa shape index (κ3) is 6.12. The van der Waals surface area contributed by atoms with Crippen molar-refractivity contribution in [3.05, 3.63) is 47.2 Å². The van der Waals surface area contributed by atoms with E-state index in [1.807, 2.05) is 18.9 Å². The highest BCUT2D eigenvalue weighted by Gasteiger charge is 2.37. The van der Waals surface area contributed by atoms with Gasteiger partial charge in [-0.2, -0.15) is 13.2 Å². The zero-order valence-electron chi connectivity index (χ0n) is 18.1. The summed E-state index contributed by atoms with van der Waals surface area (Å²) >= 11 is 0. The Morgan fingerprint density at radius 1 is 1.25 bits per heavy atom. The number of alkyl halides is 3. The summed E-state index contributed by atoms with van der Waals surface area (Å²) in [4.78, 5) is 17.6. The van der Waals surface area contributed by atoms with Crippen LogP contribution in [-0.4, -0.2) is 55.3 Å². The number of halogens is 3. The number of methoxy groups -OCH3 is 1. The van der Waals surface area contributed by atoms with Crippen LogP contribution in [0.15, 0.2) is 30.5 Å². The molecule has 32 heavy (non-hydrogen) atoms. The van der Waals surface area contributed by atoms with Crippen molar-refractivity contribution in [2.75, 3.05) is 32.2 Å². The zero-order chi connectivity index (χ0) is 23.9. The summed E-state index contributed by atoms with van der Waals surface area (Å²) in [6, 6.07) is 5.72. The molecule has 0 aliphatic carbocycles. The summed E-state index contributed by atoms with van der Waals surface area (Å²) in [6.45, 7) is 2.66. The van der Waals surface area contributed by atoms with E-state index in [-0.39, 0.29) is 12.2 Å². The lowest BCUT2D eigenvalue weighted by atomic mass is 10.00. The van der Waals surface area contributed by atoms with Crippen LogP contribution in [0.3, 0.4) is 0 Å². The molecule has 2 aromatic rings. The molecule has 0 unspecified atom stereocenters. The molecule has 0 spiro atoms. The standard InChI is InChI=1S/C22H26F3N3O4/c1-4-6-15-17(9-8-16(19(15)29)20(26)22(23,24)25)32-12-5-11-28(2)18-10-7-14(13-27-18)21(30)31-3/h7-10,13,26,29H,4-6,11-12H2,1-3H3. The predicted molar refractivity (Wildman–Crippen MR) is 114 cm³/mol. The first-order valence-electron chi connectivity index (χ1n) is 9.99. The van der Waals surface area contributed by atoms with Gasteiger partial charge in [-0.25, -0.2) is 9.78 Å². The quantitative estimate of drug-likeness (QED) is 0.315. The molecule has 1 aromatic carbocycles. The average Bonchev–Trinajstić information content (AvgIpc) is 2.77. The molecule has 0 atom stereocenters. The van der Waals surface area contributed by atoms with Crippen molar-refractivity contribution in [3.8, 4) is 11.5 Å². The lowest BCUT2D eigenvalue weighted by Gasteiger charge is -2.19. The number of hydrogen-bond acceptors (Lipinski definition) is 7. The first-order chi connectivity index (χ1) is 15.1. The van der Waals surface area contributed by atoms with Gasteiger partial charge >= 0.3 is 12.1 Å². The van der Waals surface area contributed by atoms with Crippen molar-refractivity contribution in [2.24, 2.45) is 0 Å². The molecule has 1 aromatic heterocycles. The number of phenols is 1. The number of aromatic hydroxyl groups is 1. The number of nitrogens with zero attached hydrogens (tertiary/aromatic N) is 2. The van der Waals surface area contributed by atoms with Gasteiger partial charge in [-0.15, -0.1) is 0 Å². The van der Waals surface area contributed by atoms with E-state index in [0.29, 0.717) is 42.9 Å². The third-order valence-corrected chi connectivity index (χ3v) is 4.75. The van der Waals surface area contributed by atoms with Crippen LogP contribution in [0.4, 0.5) is 19.0 Å². The van der Waals surface area contributed by atoms with Crippen molar-refractivity contribution in [3.63, 3.8) is 0 Å². The molecule has 174 valence electrons. The maximum absolute atomic E-state index is 12.9. The topological polar surface area (TPSA) is 95.7 Å². The van der Waals surface area contributed by atoms with Gasteiger partial charge in [0.15, 0.2) is 0 Å². The van der Waals surface area contributed by atoms with Gasteiger partial charge in [0.25, 0.3) is 0 Å². The number of carbonyl (C=O) groups excluding carboxylic acids is 1. The van der Waals surface area contributed by atoms with E-state index in [0.717, 1.165) is 6.07 Å². The first-order valence-corrected chi connectivity index (χ1v) is 9.99. The average molecular weight is 453 g/mol. The molecule has 0 aliphatic rings. The lowest BCUT2D eigenvalue weighted by Crippen LogP contribution is -2.23. The number of esters is 1. The largest absolute Gasteiger partial charge is 0.507 e. The highest BCUT2D eigenvalue weighted by molar-refractivity contribution is 6.04. The molecule has 0 saturated carbocycles. The van der Waals surface area contributed by atoms with Gasteiger partial charge in [-0.05, 0) is 37.1 Å². The summed E-state index contributed by atoms with van der Waals surface area (Å²) < 4.78 is 49.0. The van der Waals surface area contributed by atoms with Gasteiger partial charge in [0.05, 0.1) is 19.3 Å². The predicted octanol–water partition coefficient (Wildman–Crippen LogP) is 4.36. The minimum absolute atomic E-state index is 0.257. The van der Waals surface area contributed by atoms with Gasteiger partial charge in [-0.3, -0.25) is 5.41 Å². The molecule has 7 nitrogen and oxygen atoms in total. The number of phenolic OH excluding ortho intramolecular Hbond substituents is 1. The van der Waals surface area contributed by atoms with Crippen LogP contribution in [0.2, 0.25) is 0 Å². The molecule has 2 rings (SSSR count). The Morgan fingerprint density at radius 3 is 2.53 bits per heavy atom. The number of hydrogen-bond donors (Lipinski definition) is 2. The number of aromatic nitrogens is 1. The van der Waals surface area contributed by atoms with Crippen LogP contribution in [0.25, 0.3) is 0 Å². The molecule has 0 bridgehead atoms. The van der Waals surface area contributed by atoms with E-state index in [4.69, 9.17) is 10.1 Å².